The number of carbonyl (C=O) groups excluding carboxylic acids is 5. The van der Waals surface area contributed by atoms with Gasteiger partial charge in [-0.2, -0.15) is 0 Å². The van der Waals surface area contributed by atoms with Crippen LogP contribution >= 0.6 is 0 Å². The fourth-order valence-electron chi connectivity index (χ4n) is 4.01. The highest BCUT2D eigenvalue weighted by atomic mass is 16.4. The number of carboxylic acids is 2. The van der Waals surface area contributed by atoms with E-state index in [0.29, 0.717) is 12.0 Å². The Morgan fingerprint density at radius 1 is 0.711 bits per heavy atom. The third kappa shape index (κ3) is 12.9. The second-order valence-corrected chi connectivity index (χ2v) is 10.9. The maximum atomic E-state index is 13.4. The third-order valence-corrected chi connectivity index (χ3v) is 6.93. The number of carbonyl (C=O) groups is 7. The van der Waals surface area contributed by atoms with Crippen LogP contribution in [-0.2, 0) is 40.0 Å². The number of aliphatic hydroxyl groups excluding tert-OH is 1. The first-order valence-electron chi connectivity index (χ1n) is 14.4. The van der Waals surface area contributed by atoms with E-state index < -0.39 is 96.2 Å². The van der Waals surface area contributed by atoms with E-state index in [9.17, 15) is 48.9 Å². The molecule has 0 aliphatic carbocycles. The summed E-state index contributed by atoms with van der Waals surface area (Å²) in [7, 11) is 0. The van der Waals surface area contributed by atoms with Crippen LogP contribution in [0.15, 0.2) is 30.3 Å². The first-order chi connectivity index (χ1) is 21.0. The molecule has 0 aliphatic rings. The molecule has 0 aliphatic heterocycles. The number of carboxylic acid groups (broad SMARTS) is 2. The van der Waals surface area contributed by atoms with Gasteiger partial charge in [-0.25, -0.2) is 4.79 Å². The minimum absolute atomic E-state index is 0.126. The maximum Gasteiger partial charge on any atom is 0.326 e. The van der Waals surface area contributed by atoms with Crippen molar-refractivity contribution in [1.29, 1.82) is 0 Å². The monoisotopic (exact) mass is 636 g/mol. The number of rotatable bonds is 18. The molecule has 0 saturated heterocycles. The number of amides is 5. The molecule has 45 heavy (non-hydrogen) atoms. The summed E-state index contributed by atoms with van der Waals surface area (Å²) >= 11 is 0. The van der Waals surface area contributed by atoms with Crippen molar-refractivity contribution in [2.75, 3.05) is 0 Å². The average Bonchev–Trinajstić information content (AvgIpc) is 2.96. The van der Waals surface area contributed by atoms with E-state index in [4.69, 9.17) is 5.73 Å². The van der Waals surface area contributed by atoms with Gasteiger partial charge in [0, 0.05) is 6.42 Å². The Morgan fingerprint density at radius 2 is 1.24 bits per heavy atom. The highest BCUT2D eigenvalue weighted by Gasteiger charge is 2.34. The second-order valence-electron chi connectivity index (χ2n) is 10.9. The van der Waals surface area contributed by atoms with Gasteiger partial charge in [-0.3, -0.25) is 28.8 Å². The number of aliphatic carboxylic acids is 2. The van der Waals surface area contributed by atoms with Crippen LogP contribution in [0.5, 0.6) is 0 Å². The van der Waals surface area contributed by atoms with Gasteiger partial charge in [-0.15, -0.1) is 0 Å². The molecule has 0 bridgehead atoms. The van der Waals surface area contributed by atoms with Crippen LogP contribution in [0.25, 0.3) is 0 Å². The summed E-state index contributed by atoms with van der Waals surface area (Å²) in [5, 5.41) is 40.6. The minimum Gasteiger partial charge on any atom is -0.481 e. The third-order valence-electron chi connectivity index (χ3n) is 6.93. The summed E-state index contributed by atoms with van der Waals surface area (Å²) < 4.78 is 0. The fourth-order valence-corrected chi connectivity index (χ4v) is 4.01. The predicted octanol–water partition coefficient (Wildman–Crippen LogP) is -1.99. The zero-order valence-electron chi connectivity index (χ0n) is 25.9. The van der Waals surface area contributed by atoms with Crippen LogP contribution in [0.2, 0.25) is 0 Å². The van der Waals surface area contributed by atoms with Crippen LogP contribution in [0, 0.1) is 5.92 Å². The molecule has 1 aromatic carbocycles. The Balaban J connectivity index is 3.20. The Kier molecular flexibility index (Phi) is 15.6. The van der Waals surface area contributed by atoms with Crippen LogP contribution in [-0.4, -0.2) is 99.1 Å². The molecule has 10 N–H and O–H groups in total. The molecule has 8 atom stereocenters. The van der Waals surface area contributed by atoms with E-state index in [1.807, 2.05) is 0 Å². The number of hydrogen-bond donors (Lipinski definition) is 9. The molecule has 0 saturated carbocycles. The van der Waals surface area contributed by atoms with E-state index in [0.717, 1.165) is 0 Å². The van der Waals surface area contributed by atoms with Crippen molar-refractivity contribution in [3.63, 3.8) is 0 Å². The standard InChI is InChI=1S/C29H44N6O10/c1-6-14(2)22(29(44)45)34-25(40)16(4)31-26(41)20(13-21(37)38)32-27(42)19(12-18-10-8-7-9-11-18)33-28(43)23(17(5)36)35-24(39)15(3)30/h7-11,14-17,19-20,22-23,36H,6,12-13,30H2,1-5H3,(H,31,41)(H,32,42)(H,33,43)(H,34,40)(H,35,39)(H,37,38)(H,44,45)/t14-,15-,16-,17+,19-,20-,22-,23-/m0/s1. The van der Waals surface area contributed by atoms with Crippen LogP contribution in [0.1, 0.15) is 53.0 Å². The molecule has 0 fully saturated rings. The number of aliphatic hydroxyl groups is 1. The summed E-state index contributed by atoms with van der Waals surface area (Å²) in [5.41, 5.74) is 6.12. The molecule has 5 amide bonds. The summed E-state index contributed by atoms with van der Waals surface area (Å²) in [6.07, 6.45) is -1.98. The molecule has 0 aromatic heterocycles. The van der Waals surface area contributed by atoms with Crippen molar-refractivity contribution in [2.45, 2.75) is 96.2 Å². The topological polar surface area (TPSA) is 266 Å². The van der Waals surface area contributed by atoms with Gasteiger partial charge in [-0.1, -0.05) is 50.6 Å². The van der Waals surface area contributed by atoms with Crippen LogP contribution in [0.3, 0.4) is 0 Å². The molecule has 0 spiro atoms. The summed E-state index contributed by atoms with van der Waals surface area (Å²) in [6.45, 7) is 7.23. The Morgan fingerprint density at radius 3 is 1.73 bits per heavy atom. The molecule has 16 nitrogen and oxygen atoms in total. The summed E-state index contributed by atoms with van der Waals surface area (Å²) in [6, 6.07) is 0.206. The van der Waals surface area contributed by atoms with Crippen LogP contribution in [0.4, 0.5) is 0 Å². The highest BCUT2D eigenvalue weighted by Crippen LogP contribution is 2.09. The van der Waals surface area contributed by atoms with Gasteiger partial charge in [0.05, 0.1) is 18.6 Å². The largest absolute Gasteiger partial charge is 0.481 e. The Hall–Kier alpha value is -4.57. The molecule has 1 rings (SSSR count). The Bertz CT molecular complexity index is 1210. The molecule has 0 heterocycles. The van der Waals surface area contributed by atoms with Gasteiger partial charge in [0.1, 0.15) is 30.2 Å². The van der Waals surface area contributed by atoms with Crippen molar-refractivity contribution in [3.05, 3.63) is 35.9 Å². The molecule has 0 unspecified atom stereocenters. The lowest BCUT2D eigenvalue weighted by Crippen LogP contribution is -2.61. The number of benzene rings is 1. The second kappa shape index (κ2) is 18.3. The van der Waals surface area contributed by atoms with Gasteiger partial charge >= 0.3 is 11.9 Å². The van der Waals surface area contributed by atoms with E-state index >= 15 is 0 Å². The smallest absolute Gasteiger partial charge is 0.326 e. The molecule has 1 aromatic rings. The molecular formula is C29H44N6O10. The molecular weight excluding hydrogens is 592 g/mol. The lowest BCUT2D eigenvalue weighted by Gasteiger charge is -2.27. The van der Waals surface area contributed by atoms with Crippen molar-refractivity contribution < 1.29 is 48.9 Å². The molecule has 250 valence electrons. The van der Waals surface area contributed by atoms with Crippen molar-refractivity contribution in [3.8, 4) is 0 Å². The van der Waals surface area contributed by atoms with E-state index in [-0.39, 0.29) is 6.42 Å². The first kappa shape index (κ1) is 38.5. The lowest BCUT2D eigenvalue weighted by molar-refractivity contribution is -0.144. The van der Waals surface area contributed by atoms with Crippen molar-refractivity contribution >= 4 is 41.5 Å². The summed E-state index contributed by atoms with van der Waals surface area (Å²) in [4.78, 5) is 87.5. The van der Waals surface area contributed by atoms with Gasteiger partial charge in [-0.05, 0) is 32.3 Å². The van der Waals surface area contributed by atoms with Crippen molar-refractivity contribution in [2.24, 2.45) is 11.7 Å². The van der Waals surface area contributed by atoms with Gasteiger partial charge < -0.3 is 47.6 Å². The molecule has 0 radical (unpaired) electrons. The normalized spacial score (nSPS) is 16.2. The quantitative estimate of drug-likeness (QED) is 0.0851. The number of hydrogen-bond acceptors (Lipinski definition) is 9. The predicted molar refractivity (Wildman–Crippen MR) is 160 cm³/mol. The fraction of sp³-hybridized carbons (Fsp3) is 0.552. The maximum absolute atomic E-state index is 13.4. The molecule has 16 heteroatoms. The number of nitrogens with two attached hydrogens (primary N) is 1. The van der Waals surface area contributed by atoms with Crippen molar-refractivity contribution in [1.82, 2.24) is 26.6 Å². The van der Waals surface area contributed by atoms with E-state index in [1.54, 1.807) is 44.2 Å². The minimum atomic E-state index is -1.71. The zero-order chi connectivity index (χ0) is 34.4. The first-order valence-corrected chi connectivity index (χ1v) is 14.4. The average molecular weight is 637 g/mol. The van der Waals surface area contributed by atoms with E-state index in [1.165, 1.54) is 20.8 Å². The SMILES string of the molecule is CC[C@H](C)[C@H](NC(=O)[C@H](C)NC(=O)[C@H](CC(=O)O)NC(=O)[C@H](Cc1ccccc1)NC(=O)[C@@H](NC(=O)[C@H](C)N)[C@@H](C)O)C(=O)O. The number of nitrogens with one attached hydrogen (secondary N) is 5. The van der Waals surface area contributed by atoms with Crippen LogP contribution < -0.4 is 32.3 Å². The highest BCUT2D eigenvalue weighted by molar-refractivity contribution is 5.97. The van der Waals surface area contributed by atoms with Gasteiger partial charge in [0.15, 0.2) is 0 Å². The Labute approximate surface area is 260 Å². The zero-order valence-corrected chi connectivity index (χ0v) is 25.9. The van der Waals surface area contributed by atoms with Gasteiger partial charge in [0.2, 0.25) is 29.5 Å². The lowest BCUT2D eigenvalue weighted by atomic mass is 9.99. The van der Waals surface area contributed by atoms with Gasteiger partial charge in [0.25, 0.3) is 0 Å². The van der Waals surface area contributed by atoms with E-state index in [2.05, 4.69) is 26.6 Å². The summed E-state index contributed by atoms with van der Waals surface area (Å²) in [5.74, 6) is -7.73.